The number of para-hydroxylation sites is 1. The molecule has 0 bridgehead atoms. The largest absolute Gasteiger partial charge is 0.365 e. The van der Waals surface area contributed by atoms with Crippen LogP contribution in [0, 0.1) is 13.8 Å². The highest BCUT2D eigenvalue weighted by molar-refractivity contribution is 7.90. The summed E-state index contributed by atoms with van der Waals surface area (Å²) in [5.74, 6) is 1.16. The molecule has 74 heavy (non-hydrogen) atoms. The number of aryl methyl sites for hydroxylation is 2. The van der Waals surface area contributed by atoms with E-state index in [2.05, 4.69) is 82.5 Å². The van der Waals surface area contributed by atoms with Gasteiger partial charge in [-0.15, -0.1) is 10.2 Å². The van der Waals surface area contributed by atoms with Crippen molar-refractivity contribution in [2.45, 2.75) is 72.6 Å². The zero-order chi connectivity index (χ0) is 50.9. The lowest BCUT2D eigenvalue weighted by atomic mass is 9.68. The molecule has 0 atom stereocenters. The summed E-state index contributed by atoms with van der Waals surface area (Å²) >= 11 is 0. The van der Waals surface area contributed by atoms with Crippen LogP contribution in [0.3, 0.4) is 0 Å². The molecule has 1 fully saturated rings. The van der Waals surface area contributed by atoms with Gasteiger partial charge in [-0.1, -0.05) is 199 Å². The number of hydrogen-bond donors (Lipinski definition) is 2. The molecule has 2 aromatic heterocycles. The number of allylic oxidation sites excluding steroid dienone is 2. The van der Waals surface area contributed by atoms with Crippen molar-refractivity contribution in [3.05, 3.63) is 268 Å². The summed E-state index contributed by atoms with van der Waals surface area (Å²) in [5, 5.41) is 16.2. The van der Waals surface area contributed by atoms with E-state index in [4.69, 9.17) is 5.10 Å². The topological polar surface area (TPSA) is 128 Å². The van der Waals surface area contributed by atoms with Crippen molar-refractivity contribution < 1.29 is 16.8 Å². The van der Waals surface area contributed by atoms with Gasteiger partial charge in [0.05, 0.1) is 21.2 Å². The molecule has 0 unspecified atom stereocenters. The molecule has 0 radical (unpaired) electrons. The standard InChI is InChI=1S/C32H27N3O2S.C30H29N3O2S/c1-24-17-19-28(20-18-24)38(36,37)35-30-23-32(25-11-5-2-6-12-25,26-13-7-3-8-14-26)22-21-29(30)31(34-35)33-27-15-9-4-10-16-27;1-22-15-17-26(18-16-22)36(34,35)33-28-21-30(23-9-4-2-5-10-23,24-11-6-3-7-12-24)20-19-27(28)29(32-33)31-25-13-8-14-25/h2-22H,23H2,1H3,(H,33,34);2-7,9-12,15-20,25H,8,13-14,21H2,1H3,(H,31,32). The van der Waals surface area contributed by atoms with E-state index in [9.17, 15) is 16.8 Å². The minimum absolute atomic E-state index is 0.208. The Morgan fingerprint density at radius 1 is 0.459 bits per heavy atom. The Bertz CT molecular complexity index is 3650. The van der Waals surface area contributed by atoms with Crippen molar-refractivity contribution in [1.29, 1.82) is 0 Å². The summed E-state index contributed by atoms with van der Waals surface area (Å²) in [7, 11) is -7.84. The van der Waals surface area contributed by atoms with Crippen LogP contribution in [0.1, 0.15) is 75.2 Å². The summed E-state index contributed by atoms with van der Waals surface area (Å²) < 4.78 is 58.4. The molecule has 0 saturated heterocycles. The van der Waals surface area contributed by atoms with Gasteiger partial charge < -0.3 is 10.6 Å². The van der Waals surface area contributed by atoms with E-state index in [0.717, 1.165) is 63.0 Å². The maximum Gasteiger partial charge on any atom is 0.283 e. The average molecular weight is 1010 g/mol. The second kappa shape index (κ2) is 19.8. The molecular formula is C62H56N6O4S2. The van der Waals surface area contributed by atoms with Gasteiger partial charge in [0.2, 0.25) is 0 Å². The number of anilines is 3. The van der Waals surface area contributed by atoms with Gasteiger partial charge in [-0.2, -0.15) is 25.0 Å². The molecule has 1 saturated carbocycles. The minimum Gasteiger partial charge on any atom is -0.365 e. The number of benzene rings is 7. The van der Waals surface area contributed by atoms with Crippen LogP contribution in [0.2, 0.25) is 0 Å². The molecule has 12 heteroatoms. The summed E-state index contributed by atoms with van der Waals surface area (Å²) in [6, 6.07) is 65.0. The number of hydrogen-bond acceptors (Lipinski definition) is 8. The summed E-state index contributed by atoms with van der Waals surface area (Å²) in [5.41, 5.74) is 9.16. The molecule has 0 amide bonds. The molecule has 370 valence electrons. The maximum atomic E-state index is 14.0. The molecule has 2 heterocycles. The van der Waals surface area contributed by atoms with Crippen LogP contribution in [0.25, 0.3) is 12.2 Å². The van der Waals surface area contributed by atoms with Crippen molar-refractivity contribution >= 4 is 49.5 Å². The second-order valence-electron chi connectivity index (χ2n) is 19.4. The number of nitrogens with zero attached hydrogens (tertiary/aromatic N) is 4. The number of fused-ring (bicyclic) bond motifs is 2. The molecule has 3 aliphatic carbocycles. The van der Waals surface area contributed by atoms with Crippen LogP contribution in [-0.2, 0) is 43.7 Å². The molecule has 2 N–H and O–H groups in total. The third kappa shape index (κ3) is 8.98. The lowest BCUT2D eigenvalue weighted by Gasteiger charge is -2.35. The van der Waals surface area contributed by atoms with E-state index < -0.39 is 30.9 Å². The van der Waals surface area contributed by atoms with Crippen LogP contribution in [-0.4, -0.2) is 41.2 Å². The SMILES string of the molecule is Cc1ccc(S(=O)(=O)n2nc(NC3CCC3)c3c2CC(c2ccccc2)(c2ccccc2)C=C3)cc1.Cc1ccc(S(=O)(=O)n2nc(Nc3ccccc3)c3c2CC(c2ccccc2)(c2ccccc2)C=C3)cc1. The van der Waals surface area contributed by atoms with Crippen LogP contribution in [0.15, 0.2) is 222 Å². The Labute approximate surface area is 433 Å². The third-order valence-electron chi connectivity index (χ3n) is 14.7. The van der Waals surface area contributed by atoms with Crippen molar-refractivity contribution in [2.24, 2.45) is 0 Å². The monoisotopic (exact) mass is 1010 g/mol. The van der Waals surface area contributed by atoms with Crippen LogP contribution in [0.5, 0.6) is 0 Å². The first-order valence-corrected chi connectivity index (χ1v) is 27.9. The maximum absolute atomic E-state index is 14.0. The Hall–Kier alpha value is -8.06. The Kier molecular flexibility index (Phi) is 12.9. The van der Waals surface area contributed by atoms with E-state index in [1.165, 1.54) is 14.6 Å². The van der Waals surface area contributed by atoms with E-state index in [-0.39, 0.29) is 9.79 Å². The van der Waals surface area contributed by atoms with E-state index in [1.54, 1.807) is 24.3 Å². The van der Waals surface area contributed by atoms with Gasteiger partial charge in [0.25, 0.3) is 20.0 Å². The fourth-order valence-corrected chi connectivity index (χ4v) is 13.0. The molecule has 12 rings (SSSR count). The normalized spacial score (nSPS) is 15.4. The number of rotatable bonds is 12. The quantitative estimate of drug-likeness (QED) is 0.124. The van der Waals surface area contributed by atoms with E-state index in [0.29, 0.717) is 41.9 Å². The Morgan fingerprint density at radius 2 is 0.811 bits per heavy atom. The number of nitrogens with one attached hydrogen (secondary N) is 2. The predicted octanol–water partition coefficient (Wildman–Crippen LogP) is 12.7. The fourth-order valence-electron chi connectivity index (χ4n) is 10.4. The zero-order valence-corrected chi connectivity index (χ0v) is 42.8. The van der Waals surface area contributed by atoms with Gasteiger partial charge in [0.1, 0.15) is 0 Å². The molecule has 0 spiro atoms. The first kappa shape index (κ1) is 48.2. The molecule has 7 aromatic carbocycles. The van der Waals surface area contributed by atoms with Gasteiger partial charge in [-0.3, -0.25) is 0 Å². The van der Waals surface area contributed by atoms with Gasteiger partial charge in [-0.05, 0) is 91.8 Å². The van der Waals surface area contributed by atoms with Crippen molar-refractivity contribution in [1.82, 2.24) is 18.4 Å². The summed E-state index contributed by atoms with van der Waals surface area (Å²) in [4.78, 5) is 0.451. The van der Waals surface area contributed by atoms with Gasteiger partial charge >= 0.3 is 0 Å². The third-order valence-corrected chi connectivity index (χ3v) is 17.9. The second-order valence-corrected chi connectivity index (χ2v) is 23.0. The van der Waals surface area contributed by atoms with Gasteiger partial charge in [0.15, 0.2) is 11.6 Å². The fraction of sp³-hybridized carbons (Fsp3) is 0.161. The first-order valence-electron chi connectivity index (χ1n) is 25.0. The molecule has 9 aromatic rings. The lowest BCUT2D eigenvalue weighted by Crippen LogP contribution is -2.32. The van der Waals surface area contributed by atoms with Crippen LogP contribution >= 0.6 is 0 Å². The van der Waals surface area contributed by atoms with Crippen LogP contribution < -0.4 is 10.6 Å². The molecule has 3 aliphatic rings. The van der Waals surface area contributed by atoms with Gasteiger partial charge in [-0.25, -0.2) is 0 Å². The molecular weight excluding hydrogens is 957 g/mol. The minimum atomic E-state index is -3.95. The smallest absolute Gasteiger partial charge is 0.283 e. The number of aromatic nitrogens is 4. The van der Waals surface area contributed by atoms with Crippen molar-refractivity contribution in [3.8, 4) is 0 Å². The van der Waals surface area contributed by atoms with Crippen LogP contribution in [0.4, 0.5) is 17.3 Å². The average Bonchev–Trinajstić information content (AvgIpc) is 3.99. The Balaban J connectivity index is 0.000000159. The zero-order valence-electron chi connectivity index (χ0n) is 41.2. The summed E-state index contributed by atoms with van der Waals surface area (Å²) in [6.45, 7) is 3.89. The van der Waals surface area contributed by atoms with Crippen molar-refractivity contribution in [2.75, 3.05) is 10.6 Å². The lowest BCUT2D eigenvalue weighted by molar-refractivity contribution is 0.444. The first-order chi connectivity index (χ1) is 35.9. The highest BCUT2D eigenvalue weighted by atomic mass is 32.2. The van der Waals surface area contributed by atoms with E-state index >= 15 is 0 Å². The molecule has 0 aliphatic heterocycles. The highest BCUT2D eigenvalue weighted by Gasteiger charge is 2.42. The molecule has 10 nitrogen and oxygen atoms in total. The summed E-state index contributed by atoms with van der Waals surface area (Å²) in [6.07, 6.45) is 12.7. The predicted molar refractivity (Wildman–Crippen MR) is 296 cm³/mol. The van der Waals surface area contributed by atoms with Crippen molar-refractivity contribution in [3.63, 3.8) is 0 Å². The Morgan fingerprint density at radius 3 is 1.18 bits per heavy atom. The van der Waals surface area contributed by atoms with E-state index in [1.807, 2.05) is 147 Å². The highest BCUT2D eigenvalue weighted by Crippen LogP contribution is 2.46. The van der Waals surface area contributed by atoms with Gasteiger partial charge in [0, 0.05) is 46.5 Å².